The second kappa shape index (κ2) is 5.34. The van der Waals surface area contributed by atoms with Gasteiger partial charge in [-0.2, -0.15) is 20.5 Å². The zero-order valence-corrected chi connectivity index (χ0v) is 11.8. The fraction of sp³-hybridized carbons (Fsp3) is 0. The van der Waals surface area contributed by atoms with E-state index in [9.17, 15) is 4.79 Å². The van der Waals surface area contributed by atoms with Crippen molar-refractivity contribution < 1.29 is 4.79 Å². The summed E-state index contributed by atoms with van der Waals surface area (Å²) in [6.07, 6.45) is 3.42. The fourth-order valence-corrected chi connectivity index (χ4v) is 2.19. The number of hydrogen-bond donors (Lipinski definition) is 2. The van der Waals surface area contributed by atoms with Crippen LogP contribution in [0.4, 0.5) is 5.69 Å². The molecule has 1 amide bonds. The van der Waals surface area contributed by atoms with E-state index < -0.39 is 0 Å². The van der Waals surface area contributed by atoms with Gasteiger partial charge in [-0.25, -0.2) is 9.67 Å². The highest BCUT2D eigenvalue weighted by atomic mass is 16.1. The fourth-order valence-electron chi connectivity index (χ4n) is 2.19. The summed E-state index contributed by atoms with van der Waals surface area (Å²) < 4.78 is 1.60. The second-order valence-corrected chi connectivity index (χ2v) is 4.81. The number of nitrogens with one attached hydrogen (secondary N) is 2. The van der Waals surface area contributed by atoms with Gasteiger partial charge in [0.25, 0.3) is 5.91 Å². The molecular weight excluding hydrogens is 294 g/mol. The van der Waals surface area contributed by atoms with Crippen LogP contribution in [-0.4, -0.2) is 36.1 Å². The zero-order chi connectivity index (χ0) is 15.6. The predicted octanol–water partition coefficient (Wildman–Crippen LogP) is 1.79. The van der Waals surface area contributed by atoms with Crippen molar-refractivity contribution in [3.63, 3.8) is 0 Å². The van der Waals surface area contributed by atoms with Crippen molar-refractivity contribution in [3.05, 3.63) is 60.6 Å². The minimum Gasteiger partial charge on any atom is -0.321 e. The summed E-state index contributed by atoms with van der Waals surface area (Å²) in [4.78, 5) is 16.7. The first-order valence-corrected chi connectivity index (χ1v) is 6.88. The van der Waals surface area contributed by atoms with Gasteiger partial charge in [-0.1, -0.05) is 6.07 Å². The Kier molecular flexibility index (Phi) is 3.05. The number of pyridine rings is 1. The molecular formula is C15H11N7O. The molecule has 23 heavy (non-hydrogen) atoms. The Morgan fingerprint density at radius 2 is 2.00 bits per heavy atom. The third-order valence-corrected chi connectivity index (χ3v) is 3.28. The van der Waals surface area contributed by atoms with Gasteiger partial charge in [0.15, 0.2) is 5.82 Å². The lowest BCUT2D eigenvalue weighted by molar-refractivity contribution is 0.102. The van der Waals surface area contributed by atoms with E-state index in [-0.39, 0.29) is 5.91 Å². The molecule has 0 bridgehead atoms. The molecule has 0 aliphatic heterocycles. The molecule has 1 aromatic carbocycles. The predicted molar refractivity (Wildman–Crippen MR) is 83.2 cm³/mol. The number of rotatable bonds is 3. The van der Waals surface area contributed by atoms with Crippen LogP contribution in [0.3, 0.4) is 0 Å². The Labute approximate surface area is 130 Å². The number of aromatic amines is 1. The highest BCUT2D eigenvalue weighted by Gasteiger charge is 2.10. The third kappa shape index (κ3) is 2.53. The molecule has 112 valence electrons. The van der Waals surface area contributed by atoms with Crippen molar-refractivity contribution in [2.24, 2.45) is 0 Å². The summed E-state index contributed by atoms with van der Waals surface area (Å²) in [5, 5.41) is 17.4. The number of fused-ring (bicyclic) bond motifs is 1. The van der Waals surface area contributed by atoms with Crippen LogP contribution < -0.4 is 5.32 Å². The molecule has 0 saturated heterocycles. The van der Waals surface area contributed by atoms with Gasteiger partial charge in [-0.15, -0.1) is 0 Å². The lowest BCUT2D eigenvalue weighted by atomic mass is 10.2. The van der Waals surface area contributed by atoms with Gasteiger partial charge in [0.1, 0.15) is 16.7 Å². The maximum Gasteiger partial charge on any atom is 0.274 e. The number of benzene rings is 1. The summed E-state index contributed by atoms with van der Waals surface area (Å²) >= 11 is 0. The molecule has 0 radical (unpaired) electrons. The number of nitrogens with zero attached hydrogens (tertiary/aromatic N) is 5. The summed E-state index contributed by atoms with van der Waals surface area (Å²) in [5.74, 6) is 0.274. The normalized spacial score (nSPS) is 10.8. The quantitative estimate of drug-likeness (QED) is 0.601. The maximum atomic E-state index is 12.4. The van der Waals surface area contributed by atoms with Gasteiger partial charge in [0.05, 0.1) is 0 Å². The average molecular weight is 305 g/mol. The van der Waals surface area contributed by atoms with Crippen molar-refractivity contribution in [1.82, 2.24) is 30.2 Å². The van der Waals surface area contributed by atoms with Crippen LogP contribution in [0.5, 0.6) is 0 Å². The van der Waals surface area contributed by atoms with E-state index in [1.54, 1.807) is 59.5 Å². The van der Waals surface area contributed by atoms with Crippen molar-refractivity contribution in [3.8, 4) is 5.82 Å². The smallest absolute Gasteiger partial charge is 0.274 e. The van der Waals surface area contributed by atoms with Crippen LogP contribution in [0.2, 0.25) is 0 Å². The summed E-state index contributed by atoms with van der Waals surface area (Å²) in [7, 11) is 0. The van der Waals surface area contributed by atoms with Crippen LogP contribution in [0.15, 0.2) is 54.9 Å². The van der Waals surface area contributed by atoms with E-state index in [0.29, 0.717) is 22.7 Å². The minimum absolute atomic E-state index is 0.304. The minimum atomic E-state index is -0.304. The van der Waals surface area contributed by atoms with Crippen molar-refractivity contribution in [1.29, 1.82) is 0 Å². The Morgan fingerprint density at radius 3 is 2.87 bits per heavy atom. The topological polar surface area (TPSA) is 101 Å². The van der Waals surface area contributed by atoms with Gasteiger partial charge >= 0.3 is 0 Å². The van der Waals surface area contributed by atoms with Gasteiger partial charge in [0, 0.05) is 18.1 Å². The van der Waals surface area contributed by atoms with E-state index in [1.807, 2.05) is 0 Å². The molecule has 0 atom stereocenters. The highest BCUT2D eigenvalue weighted by molar-refractivity contribution is 6.03. The molecule has 8 nitrogen and oxygen atoms in total. The van der Waals surface area contributed by atoms with Gasteiger partial charge < -0.3 is 5.32 Å². The van der Waals surface area contributed by atoms with Gasteiger partial charge in [-0.05, 0) is 36.4 Å². The Hall–Kier alpha value is -3.55. The monoisotopic (exact) mass is 305 g/mol. The zero-order valence-electron chi connectivity index (χ0n) is 11.8. The number of anilines is 1. The highest BCUT2D eigenvalue weighted by Crippen LogP contribution is 2.15. The van der Waals surface area contributed by atoms with Crippen molar-refractivity contribution in [2.75, 3.05) is 5.32 Å². The summed E-state index contributed by atoms with van der Waals surface area (Å²) in [6.45, 7) is 0. The van der Waals surface area contributed by atoms with E-state index in [2.05, 4.69) is 30.8 Å². The molecule has 4 rings (SSSR count). The average Bonchev–Trinajstić information content (AvgIpc) is 3.26. The lowest BCUT2D eigenvalue weighted by Gasteiger charge is -2.06. The van der Waals surface area contributed by atoms with Crippen LogP contribution in [0.1, 0.15) is 10.5 Å². The molecule has 3 heterocycles. The first-order valence-electron chi connectivity index (χ1n) is 6.88. The molecule has 8 heteroatoms. The summed E-state index contributed by atoms with van der Waals surface area (Å²) in [6, 6.07) is 12.3. The van der Waals surface area contributed by atoms with Crippen LogP contribution >= 0.6 is 0 Å². The van der Waals surface area contributed by atoms with Crippen molar-refractivity contribution >= 4 is 22.6 Å². The number of carbonyl (C=O) groups is 1. The Morgan fingerprint density at radius 1 is 1.09 bits per heavy atom. The number of amides is 1. The van der Waals surface area contributed by atoms with Gasteiger partial charge in [0.2, 0.25) is 0 Å². The standard InChI is InChI=1S/C15H11N7O/c23-15(17-10-5-6-11-13(9-10)20-21-19-11)12-3-1-4-14(18-12)22-8-2-7-16-22/h1-9H,(H,17,23)(H,19,20,21). The Bertz CT molecular complexity index is 974. The van der Waals surface area contributed by atoms with E-state index in [4.69, 9.17) is 0 Å². The number of carbonyl (C=O) groups excluding carboxylic acids is 1. The van der Waals surface area contributed by atoms with Crippen LogP contribution in [-0.2, 0) is 0 Å². The van der Waals surface area contributed by atoms with E-state index in [1.165, 1.54) is 0 Å². The molecule has 2 N–H and O–H groups in total. The van der Waals surface area contributed by atoms with E-state index >= 15 is 0 Å². The molecule has 0 unspecified atom stereocenters. The number of hydrogen-bond acceptors (Lipinski definition) is 5. The number of H-pyrrole nitrogens is 1. The van der Waals surface area contributed by atoms with Crippen LogP contribution in [0.25, 0.3) is 16.9 Å². The first kappa shape index (κ1) is 13.1. The molecule has 0 spiro atoms. The Balaban J connectivity index is 1.60. The van der Waals surface area contributed by atoms with Crippen molar-refractivity contribution in [2.45, 2.75) is 0 Å². The third-order valence-electron chi connectivity index (χ3n) is 3.28. The largest absolute Gasteiger partial charge is 0.321 e. The SMILES string of the molecule is O=C(Nc1ccc2n[nH]nc2c1)c1cccc(-n2cccn2)n1. The van der Waals surface area contributed by atoms with E-state index in [0.717, 1.165) is 5.52 Å². The number of aromatic nitrogens is 6. The molecule has 0 fully saturated rings. The molecule has 0 aliphatic rings. The second-order valence-electron chi connectivity index (χ2n) is 4.81. The maximum absolute atomic E-state index is 12.4. The molecule has 4 aromatic rings. The molecule has 0 saturated carbocycles. The lowest BCUT2D eigenvalue weighted by Crippen LogP contribution is -2.14. The first-order chi connectivity index (χ1) is 11.3. The molecule has 3 aromatic heterocycles. The van der Waals surface area contributed by atoms with Crippen LogP contribution in [0, 0.1) is 0 Å². The molecule has 0 aliphatic carbocycles. The van der Waals surface area contributed by atoms with Gasteiger partial charge in [-0.3, -0.25) is 4.79 Å². The summed E-state index contributed by atoms with van der Waals surface area (Å²) in [5.41, 5.74) is 2.35.